The van der Waals surface area contributed by atoms with Crippen molar-refractivity contribution in [2.45, 2.75) is 58.0 Å². The molecular formula is C13H25N3O2. The number of hydrogen-bond donors (Lipinski definition) is 3. The van der Waals surface area contributed by atoms with Crippen LogP contribution in [0, 0.1) is 0 Å². The number of carbonyl (C=O) groups excluding carboxylic acids is 2. The summed E-state index contributed by atoms with van der Waals surface area (Å²) in [6.07, 6.45) is 4.72. The fourth-order valence-corrected chi connectivity index (χ4v) is 1.76. The van der Waals surface area contributed by atoms with E-state index in [0.29, 0.717) is 19.0 Å². The first kappa shape index (κ1) is 15.0. The van der Waals surface area contributed by atoms with Crippen LogP contribution in [0.3, 0.4) is 0 Å². The van der Waals surface area contributed by atoms with Crippen LogP contribution >= 0.6 is 0 Å². The van der Waals surface area contributed by atoms with E-state index in [4.69, 9.17) is 0 Å². The van der Waals surface area contributed by atoms with Gasteiger partial charge >= 0.3 is 0 Å². The maximum absolute atomic E-state index is 11.5. The Labute approximate surface area is 109 Å². The van der Waals surface area contributed by atoms with Gasteiger partial charge in [-0.15, -0.1) is 0 Å². The molecule has 0 aliphatic heterocycles. The molecule has 5 heteroatoms. The summed E-state index contributed by atoms with van der Waals surface area (Å²) in [5.74, 6) is 0.0725. The summed E-state index contributed by atoms with van der Waals surface area (Å²) in [4.78, 5) is 22.8. The van der Waals surface area contributed by atoms with E-state index in [2.05, 4.69) is 22.9 Å². The third kappa shape index (κ3) is 7.27. The van der Waals surface area contributed by atoms with Crippen LogP contribution in [0.5, 0.6) is 0 Å². The molecule has 1 aliphatic carbocycles. The minimum Gasteiger partial charge on any atom is -0.353 e. The van der Waals surface area contributed by atoms with Crippen molar-refractivity contribution in [3.05, 3.63) is 0 Å². The van der Waals surface area contributed by atoms with Crippen LogP contribution in [0.15, 0.2) is 0 Å². The Morgan fingerprint density at radius 3 is 2.61 bits per heavy atom. The Morgan fingerprint density at radius 1 is 1.28 bits per heavy atom. The lowest BCUT2D eigenvalue weighted by molar-refractivity contribution is -0.122. The maximum Gasteiger partial charge on any atom is 0.234 e. The van der Waals surface area contributed by atoms with E-state index in [0.717, 1.165) is 25.7 Å². The quantitative estimate of drug-likeness (QED) is 0.527. The molecule has 0 aromatic carbocycles. The second kappa shape index (κ2) is 8.08. The van der Waals surface area contributed by atoms with E-state index >= 15 is 0 Å². The molecule has 0 bridgehead atoms. The van der Waals surface area contributed by atoms with Crippen LogP contribution < -0.4 is 16.0 Å². The molecule has 1 saturated carbocycles. The molecule has 3 N–H and O–H groups in total. The summed E-state index contributed by atoms with van der Waals surface area (Å²) >= 11 is 0. The highest BCUT2D eigenvalue weighted by molar-refractivity contribution is 5.79. The van der Waals surface area contributed by atoms with Crippen molar-refractivity contribution in [1.29, 1.82) is 0 Å². The third-order valence-corrected chi connectivity index (χ3v) is 2.89. The largest absolute Gasteiger partial charge is 0.353 e. The molecule has 2 amide bonds. The lowest BCUT2D eigenvalue weighted by atomic mass is 10.2. The SMILES string of the molecule is CCCC(C)NC(=O)CNCCC(=O)NC1CC1. The van der Waals surface area contributed by atoms with E-state index in [1.807, 2.05) is 6.92 Å². The molecule has 104 valence electrons. The van der Waals surface area contributed by atoms with Crippen molar-refractivity contribution in [3.8, 4) is 0 Å². The molecule has 1 atom stereocenters. The fraction of sp³-hybridized carbons (Fsp3) is 0.846. The van der Waals surface area contributed by atoms with Gasteiger partial charge in [-0.25, -0.2) is 0 Å². The van der Waals surface area contributed by atoms with Gasteiger partial charge in [-0.3, -0.25) is 9.59 Å². The molecule has 0 aromatic heterocycles. The van der Waals surface area contributed by atoms with Crippen molar-refractivity contribution >= 4 is 11.8 Å². The summed E-state index contributed by atoms with van der Waals surface area (Å²) in [7, 11) is 0. The molecule has 1 fully saturated rings. The highest BCUT2D eigenvalue weighted by Crippen LogP contribution is 2.18. The molecule has 1 unspecified atom stereocenters. The van der Waals surface area contributed by atoms with Gasteiger partial charge in [0.15, 0.2) is 0 Å². The maximum atomic E-state index is 11.5. The lowest BCUT2D eigenvalue weighted by Crippen LogP contribution is -2.40. The zero-order valence-corrected chi connectivity index (χ0v) is 11.4. The Kier molecular flexibility index (Phi) is 6.72. The van der Waals surface area contributed by atoms with Crippen LogP contribution in [-0.4, -0.2) is 37.0 Å². The Morgan fingerprint density at radius 2 is 2.00 bits per heavy atom. The first-order valence-electron chi connectivity index (χ1n) is 6.91. The normalized spacial score (nSPS) is 16.1. The van der Waals surface area contributed by atoms with Crippen LogP contribution in [0.4, 0.5) is 0 Å². The number of amides is 2. The summed E-state index contributed by atoms with van der Waals surface area (Å²) in [6.45, 7) is 4.93. The van der Waals surface area contributed by atoms with Crippen molar-refractivity contribution < 1.29 is 9.59 Å². The molecule has 1 rings (SSSR count). The first-order valence-corrected chi connectivity index (χ1v) is 6.91. The molecule has 0 heterocycles. The lowest BCUT2D eigenvalue weighted by Gasteiger charge is -2.13. The summed E-state index contributed by atoms with van der Waals surface area (Å²) in [6, 6.07) is 0.637. The molecule has 18 heavy (non-hydrogen) atoms. The van der Waals surface area contributed by atoms with Gasteiger partial charge in [0.05, 0.1) is 6.54 Å². The Balaban J connectivity index is 1.95. The summed E-state index contributed by atoms with van der Waals surface area (Å²) in [5, 5.41) is 8.80. The predicted octanol–water partition coefficient (Wildman–Crippen LogP) is 0.550. The Hall–Kier alpha value is -1.10. The van der Waals surface area contributed by atoms with Crippen LogP contribution in [0.1, 0.15) is 46.0 Å². The number of rotatable bonds is 9. The minimum absolute atomic E-state index is 0.00134. The van der Waals surface area contributed by atoms with Crippen molar-refractivity contribution in [2.24, 2.45) is 0 Å². The van der Waals surface area contributed by atoms with Gasteiger partial charge < -0.3 is 16.0 Å². The second-order valence-corrected chi connectivity index (χ2v) is 5.03. The van der Waals surface area contributed by atoms with E-state index < -0.39 is 0 Å². The molecular weight excluding hydrogens is 230 g/mol. The van der Waals surface area contributed by atoms with Gasteiger partial charge in [-0.2, -0.15) is 0 Å². The predicted molar refractivity (Wildman–Crippen MR) is 71.2 cm³/mol. The highest BCUT2D eigenvalue weighted by Gasteiger charge is 2.22. The minimum atomic E-state index is -0.00134. The average molecular weight is 255 g/mol. The van der Waals surface area contributed by atoms with Gasteiger partial charge in [0.2, 0.25) is 11.8 Å². The average Bonchev–Trinajstić information content (AvgIpc) is 3.08. The number of hydrogen-bond acceptors (Lipinski definition) is 3. The first-order chi connectivity index (χ1) is 8.61. The topological polar surface area (TPSA) is 70.2 Å². The highest BCUT2D eigenvalue weighted by atomic mass is 16.2. The van der Waals surface area contributed by atoms with Gasteiger partial charge in [0, 0.05) is 25.0 Å². The zero-order chi connectivity index (χ0) is 13.4. The molecule has 0 radical (unpaired) electrons. The van der Waals surface area contributed by atoms with Crippen molar-refractivity contribution in [2.75, 3.05) is 13.1 Å². The van der Waals surface area contributed by atoms with Crippen LogP contribution in [0.2, 0.25) is 0 Å². The summed E-state index contributed by atoms with van der Waals surface area (Å²) in [5.41, 5.74) is 0. The van der Waals surface area contributed by atoms with E-state index in [9.17, 15) is 9.59 Å². The van der Waals surface area contributed by atoms with E-state index in [1.165, 1.54) is 0 Å². The third-order valence-electron chi connectivity index (χ3n) is 2.89. The van der Waals surface area contributed by atoms with Gasteiger partial charge in [-0.1, -0.05) is 13.3 Å². The van der Waals surface area contributed by atoms with Gasteiger partial charge in [0.25, 0.3) is 0 Å². The van der Waals surface area contributed by atoms with Crippen LogP contribution in [0.25, 0.3) is 0 Å². The molecule has 1 aliphatic rings. The number of carbonyl (C=O) groups is 2. The van der Waals surface area contributed by atoms with Crippen molar-refractivity contribution in [3.63, 3.8) is 0 Å². The van der Waals surface area contributed by atoms with Gasteiger partial charge in [0.1, 0.15) is 0 Å². The monoisotopic (exact) mass is 255 g/mol. The van der Waals surface area contributed by atoms with E-state index in [-0.39, 0.29) is 24.4 Å². The second-order valence-electron chi connectivity index (χ2n) is 5.03. The Bertz CT molecular complexity index is 277. The standard InChI is InChI=1S/C13H25N3O2/c1-3-4-10(2)15-13(18)9-14-8-7-12(17)16-11-5-6-11/h10-11,14H,3-9H2,1-2H3,(H,15,18)(H,16,17). The van der Waals surface area contributed by atoms with Crippen molar-refractivity contribution in [1.82, 2.24) is 16.0 Å². The smallest absolute Gasteiger partial charge is 0.234 e. The molecule has 5 nitrogen and oxygen atoms in total. The zero-order valence-electron chi connectivity index (χ0n) is 11.4. The summed E-state index contributed by atoms with van der Waals surface area (Å²) < 4.78 is 0. The molecule has 0 aromatic rings. The van der Waals surface area contributed by atoms with E-state index in [1.54, 1.807) is 0 Å². The van der Waals surface area contributed by atoms with Crippen LogP contribution in [-0.2, 0) is 9.59 Å². The number of nitrogens with one attached hydrogen (secondary N) is 3. The molecule has 0 saturated heterocycles. The molecule has 0 spiro atoms. The fourth-order valence-electron chi connectivity index (χ4n) is 1.76. The van der Waals surface area contributed by atoms with Gasteiger partial charge in [-0.05, 0) is 26.2 Å².